The molecule has 0 radical (unpaired) electrons. The molecule has 0 aliphatic heterocycles. The minimum Gasteiger partial charge on any atom is -0.352 e. The number of nitrogens with one attached hydrogen (secondary N) is 2. The lowest BCUT2D eigenvalue weighted by molar-refractivity contribution is -0.126. The molecule has 0 aromatic heterocycles. The lowest BCUT2D eigenvalue weighted by Gasteiger charge is -2.13. The van der Waals surface area contributed by atoms with Crippen molar-refractivity contribution >= 4 is 29.1 Å². The summed E-state index contributed by atoms with van der Waals surface area (Å²) in [7, 11) is 0. The molecule has 0 heterocycles. The van der Waals surface area contributed by atoms with Gasteiger partial charge in [0.05, 0.1) is 0 Å². The molecule has 0 aliphatic rings. The fraction of sp³-hybridized carbons (Fsp3) is 0.263. The van der Waals surface area contributed by atoms with Gasteiger partial charge in [-0.15, -0.1) is 0 Å². The van der Waals surface area contributed by atoms with Crippen molar-refractivity contribution in [2.24, 2.45) is 0 Å². The van der Waals surface area contributed by atoms with Crippen molar-refractivity contribution in [1.82, 2.24) is 5.32 Å². The molecular weight excluding hydrogens is 324 g/mol. The summed E-state index contributed by atoms with van der Waals surface area (Å²) in [5.74, 6) is -0.670. The fourth-order valence-corrected chi connectivity index (χ4v) is 2.81. The first-order chi connectivity index (χ1) is 11.4. The quantitative estimate of drug-likeness (QED) is 0.808. The fourth-order valence-electron chi connectivity index (χ4n) is 2.60. The van der Waals surface area contributed by atoms with Crippen LogP contribution < -0.4 is 10.6 Å². The van der Waals surface area contributed by atoms with Crippen molar-refractivity contribution in [3.63, 3.8) is 0 Å². The molecule has 2 aromatic carbocycles. The van der Waals surface area contributed by atoms with Gasteiger partial charge in [-0.05, 0) is 43.5 Å². The van der Waals surface area contributed by atoms with Crippen LogP contribution in [0.25, 0.3) is 0 Å². The molecule has 126 valence electrons. The van der Waals surface area contributed by atoms with E-state index < -0.39 is 0 Å². The Bertz CT molecular complexity index is 749. The molecule has 5 heteroatoms. The van der Waals surface area contributed by atoms with Crippen LogP contribution in [0.15, 0.2) is 36.4 Å². The van der Waals surface area contributed by atoms with Crippen molar-refractivity contribution < 1.29 is 9.59 Å². The summed E-state index contributed by atoms with van der Waals surface area (Å²) >= 11 is 6.04. The molecule has 0 fully saturated rings. The largest absolute Gasteiger partial charge is 0.352 e. The summed E-state index contributed by atoms with van der Waals surface area (Å²) in [5.41, 5.74) is 4.69. The summed E-state index contributed by atoms with van der Waals surface area (Å²) in [5, 5.41) is 6.12. The third-order valence-corrected chi connectivity index (χ3v) is 4.07. The van der Waals surface area contributed by atoms with Crippen molar-refractivity contribution in [3.05, 3.63) is 63.7 Å². The number of halogens is 1. The second kappa shape index (κ2) is 7.97. The van der Waals surface area contributed by atoms with Gasteiger partial charge in [0.15, 0.2) is 0 Å². The molecule has 2 rings (SSSR count). The molecule has 2 aromatic rings. The molecule has 0 unspecified atom stereocenters. The van der Waals surface area contributed by atoms with Gasteiger partial charge in [0.2, 0.25) is 11.8 Å². The van der Waals surface area contributed by atoms with Gasteiger partial charge < -0.3 is 10.6 Å². The average molecular weight is 345 g/mol. The standard InChI is InChI=1S/C19H21ClN2O2/c1-12-8-13(2)19(14(3)9-12)22-18(24)10-17(23)21-11-15-6-4-5-7-16(15)20/h4-9H,10-11H2,1-3H3,(H,21,23)(H,22,24). The maximum absolute atomic E-state index is 12.1. The molecule has 0 aliphatic carbocycles. The summed E-state index contributed by atoms with van der Waals surface area (Å²) in [6.45, 7) is 6.18. The highest BCUT2D eigenvalue weighted by atomic mass is 35.5. The van der Waals surface area contributed by atoms with E-state index >= 15 is 0 Å². The van der Waals surface area contributed by atoms with Gasteiger partial charge in [0.1, 0.15) is 6.42 Å². The van der Waals surface area contributed by atoms with E-state index in [1.54, 1.807) is 6.07 Å². The van der Waals surface area contributed by atoms with Crippen LogP contribution in [0.2, 0.25) is 5.02 Å². The van der Waals surface area contributed by atoms with E-state index in [-0.39, 0.29) is 18.2 Å². The zero-order valence-corrected chi connectivity index (χ0v) is 14.8. The Morgan fingerprint density at radius 2 is 1.62 bits per heavy atom. The minimum absolute atomic E-state index is 0.225. The van der Waals surface area contributed by atoms with Crippen LogP contribution in [0.4, 0.5) is 5.69 Å². The van der Waals surface area contributed by atoms with Crippen LogP contribution in [0.1, 0.15) is 28.7 Å². The normalized spacial score (nSPS) is 10.3. The molecule has 0 atom stereocenters. The van der Waals surface area contributed by atoms with E-state index in [1.807, 2.05) is 51.1 Å². The molecule has 0 spiro atoms. The summed E-state index contributed by atoms with van der Waals surface area (Å²) in [6.07, 6.45) is -0.225. The third kappa shape index (κ3) is 4.83. The van der Waals surface area contributed by atoms with E-state index in [1.165, 1.54) is 0 Å². The summed E-state index contributed by atoms with van der Waals surface area (Å²) < 4.78 is 0. The van der Waals surface area contributed by atoms with Gasteiger partial charge in [-0.3, -0.25) is 9.59 Å². The first kappa shape index (κ1) is 18.0. The van der Waals surface area contributed by atoms with E-state index in [9.17, 15) is 9.59 Å². The first-order valence-corrected chi connectivity index (χ1v) is 8.12. The number of hydrogen-bond acceptors (Lipinski definition) is 2. The lowest BCUT2D eigenvalue weighted by atomic mass is 10.0. The highest BCUT2D eigenvalue weighted by Gasteiger charge is 2.12. The van der Waals surface area contributed by atoms with Gasteiger partial charge >= 0.3 is 0 Å². The van der Waals surface area contributed by atoms with Gasteiger partial charge in [-0.25, -0.2) is 0 Å². The van der Waals surface area contributed by atoms with Crippen molar-refractivity contribution in [1.29, 1.82) is 0 Å². The zero-order valence-electron chi connectivity index (χ0n) is 14.1. The molecule has 2 amide bonds. The Hall–Kier alpha value is -2.33. The van der Waals surface area contributed by atoms with Crippen molar-refractivity contribution in [2.75, 3.05) is 5.32 Å². The maximum atomic E-state index is 12.1. The van der Waals surface area contributed by atoms with Gasteiger partial charge in [-0.2, -0.15) is 0 Å². The second-order valence-electron chi connectivity index (χ2n) is 5.87. The van der Waals surface area contributed by atoms with Gasteiger partial charge in [0.25, 0.3) is 0 Å². The number of amides is 2. The number of aryl methyl sites for hydroxylation is 3. The number of benzene rings is 2. The van der Waals surface area contributed by atoms with Crippen LogP contribution in [0.3, 0.4) is 0 Å². The number of hydrogen-bond donors (Lipinski definition) is 2. The van der Waals surface area contributed by atoms with Crippen molar-refractivity contribution in [3.8, 4) is 0 Å². The maximum Gasteiger partial charge on any atom is 0.233 e. The Balaban J connectivity index is 1.91. The van der Waals surface area contributed by atoms with Crippen LogP contribution in [-0.2, 0) is 16.1 Å². The second-order valence-corrected chi connectivity index (χ2v) is 6.27. The van der Waals surface area contributed by atoms with Crippen LogP contribution in [-0.4, -0.2) is 11.8 Å². The Morgan fingerprint density at radius 3 is 2.25 bits per heavy atom. The van der Waals surface area contributed by atoms with Gasteiger partial charge in [0, 0.05) is 17.3 Å². The number of rotatable bonds is 5. The lowest BCUT2D eigenvalue weighted by Crippen LogP contribution is -2.28. The van der Waals surface area contributed by atoms with Crippen LogP contribution in [0.5, 0.6) is 0 Å². The zero-order chi connectivity index (χ0) is 17.7. The van der Waals surface area contributed by atoms with Crippen LogP contribution in [0, 0.1) is 20.8 Å². The van der Waals surface area contributed by atoms with Crippen molar-refractivity contribution in [2.45, 2.75) is 33.7 Å². The van der Waals surface area contributed by atoms with Crippen LogP contribution >= 0.6 is 11.6 Å². The predicted molar refractivity (Wildman–Crippen MR) is 97.2 cm³/mol. The molecule has 0 bridgehead atoms. The van der Waals surface area contributed by atoms with E-state index in [4.69, 9.17) is 11.6 Å². The highest BCUT2D eigenvalue weighted by molar-refractivity contribution is 6.31. The molecule has 4 nitrogen and oxygen atoms in total. The number of carbonyl (C=O) groups is 2. The third-order valence-electron chi connectivity index (χ3n) is 3.70. The summed E-state index contributed by atoms with van der Waals surface area (Å²) in [6, 6.07) is 11.3. The Labute approximate surface area is 147 Å². The smallest absolute Gasteiger partial charge is 0.233 e. The number of carbonyl (C=O) groups excluding carboxylic acids is 2. The molecule has 2 N–H and O–H groups in total. The van der Waals surface area contributed by atoms with E-state index in [2.05, 4.69) is 10.6 Å². The minimum atomic E-state index is -0.338. The first-order valence-electron chi connectivity index (χ1n) is 7.74. The average Bonchev–Trinajstić information content (AvgIpc) is 2.50. The van der Waals surface area contributed by atoms with E-state index in [0.29, 0.717) is 11.6 Å². The monoisotopic (exact) mass is 344 g/mol. The molecule has 0 saturated heterocycles. The van der Waals surface area contributed by atoms with E-state index in [0.717, 1.165) is 27.9 Å². The highest BCUT2D eigenvalue weighted by Crippen LogP contribution is 2.22. The topological polar surface area (TPSA) is 58.2 Å². The number of anilines is 1. The molecule has 24 heavy (non-hydrogen) atoms. The Kier molecular flexibility index (Phi) is 5.99. The SMILES string of the molecule is Cc1cc(C)c(NC(=O)CC(=O)NCc2ccccc2Cl)c(C)c1. The Morgan fingerprint density at radius 1 is 1.00 bits per heavy atom. The predicted octanol–water partition coefficient (Wildman–Crippen LogP) is 3.91. The summed E-state index contributed by atoms with van der Waals surface area (Å²) in [4.78, 5) is 24.0. The molecule has 0 saturated carbocycles. The van der Waals surface area contributed by atoms with Gasteiger partial charge in [-0.1, -0.05) is 47.5 Å². The molecular formula is C19H21ClN2O2.